The Hall–Kier alpha value is -0.760. The lowest BCUT2D eigenvalue weighted by Crippen LogP contribution is -2.51. The second-order valence-corrected chi connectivity index (χ2v) is 8.38. The van der Waals surface area contributed by atoms with Gasteiger partial charge in [0.2, 0.25) is 0 Å². The molecule has 1 heterocycles. The van der Waals surface area contributed by atoms with Crippen LogP contribution in [0.4, 0.5) is 0 Å². The highest BCUT2D eigenvalue weighted by atomic mass is 32.2. The van der Waals surface area contributed by atoms with Crippen LogP contribution in [0.15, 0.2) is 29.2 Å². The molecule has 7 heteroatoms. The summed E-state index contributed by atoms with van der Waals surface area (Å²) in [6, 6.07) is 6.71. The first-order chi connectivity index (χ1) is 8.88. The van der Waals surface area contributed by atoms with Crippen LogP contribution >= 0.6 is 0 Å². The maximum Gasteiger partial charge on any atom is 0.253 e. The van der Waals surface area contributed by atoms with Gasteiger partial charge in [-0.3, -0.25) is 4.21 Å². The molecule has 0 aliphatic carbocycles. The third-order valence-corrected chi connectivity index (χ3v) is 6.09. The second kappa shape index (κ2) is 5.70. The molecular weight excluding hydrogens is 284 g/mol. The van der Waals surface area contributed by atoms with Crippen molar-refractivity contribution in [2.75, 3.05) is 18.8 Å². The molecule has 2 rings (SSSR count). The van der Waals surface area contributed by atoms with Gasteiger partial charge in [-0.1, -0.05) is 17.7 Å². The van der Waals surface area contributed by atoms with E-state index in [1.165, 1.54) is 0 Å². The molecule has 1 N–H and O–H groups in total. The summed E-state index contributed by atoms with van der Waals surface area (Å²) >= 11 is 0. The lowest BCUT2D eigenvalue weighted by atomic mass is 10.2. The number of hydrogen-bond acceptors (Lipinski definition) is 4. The number of aryl methyl sites for hydroxylation is 1. The van der Waals surface area contributed by atoms with Gasteiger partial charge in [-0.25, -0.2) is 13.4 Å². The molecule has 1 fully saturated rings. The van der Waals surface area contributed by atoms with Gasteiger partial charge in [0.25, 0.3) is 10.0 Å². The molecule has 0 spiro atoms. The summed E-state index contributed by atoms with van der Waals surface area (Å²) in [4.78, 5) is 2.80. The normalized spacial score (nSPS) is 25.4. The fourth-order valence-corrected chi connectivity index (χ4v) is 4.16. The van der Waals surface area contributed by atoms with Crippen LogP contribution in [-0.2, 0) is 20.8 Å². The van der Waals surface area contributed by atoms with E-state index in [0.29, 0.717) is 18.8 Å². The monoisotopic (exact) mass is 302 g/mol. The van der Waals surface area contributed by atoms with Gasteiger partial charge in [0.1, 0.15) is 0 Å². The number of nitrogens with one attached hydrogen (secondary N) is 1. The Bertz CT molecular complexity index is 569. The summed E-state index contributed by atoms with van der Waals surface area (Å²) in [7, 11) is -4.40. The van der Waals surface area contributed by atoms with E-state index in [9.17, 15) is 12.6 Å². The van der Waals surface area contributed by atoms with E-state index in [1.807, 2.05) is 13.8 Å². The average molecular weight is 302 g/mol. The summed E-state index contributed by atoms with van der Waals surface area (Å²) < 4.78 is 35.9. The van der Waals surface area contributed by atoms with Gasteiger partial charge in [-0.2, -0.15) is 0 Å². The largest absolute Gasteiger partial charge is 0.259 e. The van der Waals surface area contributed by atoms with Crippen LogP contribution in [0, 0.1) is 6.92 Å². The Kier molecular flexibility index (Phi) is 4.39. The SMILES string of the molecule is Cc1ccc(S(=O)(=O)NN2CC[S@](=O)[C@@H](C)C2)cc1. The predicted molar refractivity (Wildman–Crippen MR) is 75.5 cm³/mol. The number of benzene rings is 1. The zero-order valence-corrected chi connectivity index (χ0v) is 12.6. The van der Waals surface area contributed by atoms with Crippen LogP contribution in [-0.4, -0.2) is 41.7 Å². The van der Waals surface area contributed by atoms with Crippen molar-refractivity contribution in [3.8, 4) is 0 Å². The molecule has 0 saturated carbocycles. The predicted octanol–water partition coefficient (Wildman–Crippen LogP) is 0.641. The molecule has 1 saturated heterocycles. The topological polar surface area (TPSA) is 66.5 Å². The highest BCUT2D eigenvalue weighted by molar-refractivity contribution is 7.89. The summed E-state index contributed by atoms with van der Waals surface area (Å²) in [5, 5.41) is 1.61. The lowest BCUT2D eigenvalue weighted by Gasteiger charge is -2.30. The smallest absolute Gasteiger partial charge is 0.253 e. The Morgan fingerprint density at radius 1 is 1.32 bits per heavy atom. The summed E-state index contributed by atoms with van der Waals surface area (Å²) in [6.07, 6.45) is 0. The highest BCUT2D eigenvalue weighted by Gasteiger charge is 2.26. The summed E-state index contributed by atoms with van der Waals surface area (Å²) in [5.74, 6) is 0.498. The van der Waals surface area contributed by atoms with E-state index in [-0.39, 0.29) is 10.1 Å². The number of rotatable bonds is 3. The molecule has 106 valence electrons. The number of hydrogen-bond donors (Lipinski definition) is 1. The fourth-order valence-electron chi connectivity index (χ4n) is 1.91. The van der Waals surface area contributed by atoms with Crippen LogP contribution < -0.4 is 4.83 Å². The van der Waals surface area contributed by atoms with Gasteiger partial charge in [0, 0.05) is 34.9 Å². The lowest BCUT2D eigenvalue weighted by molar-refractivity contribution is 0.249. The van der Waals surface area contributed by atoms with E-state index in [4.69, 9.17) is 0 Å². The van der Waals surface area contributed by atoms with Crippen LogP contribution in [0.1, 0.15) is 12.5 Å². The summed E-state index contributed by atoms with van der Waals surface area (Å²) in [5.41, 5.74) is 1.01. The number of sulfonamides is 1. The van der Waals surface area contributed by atoms with Crippen LogP contribution in [0.5, 0.6) is 0 Å². The van der Waals surface area contributed by atoms with Gasteiger partial charge in [0.05, 0.1) is 4.90 Å². The van der Waals surface area contributed by atoms with Gasteiger partial charge in [-0.05, 0) is 26.0 Å². The van der Waals surface area contributed by atoms with Crippen molar-refractivity contribution in [3.63, 3.8) is 0 Å². The van der Waals surface area contributed by atoms with Crippen LogP contribution in [0.3, 0.4) is 0 Å². The first kappa shape index (κ1) is 14.6. The zero-order chi connectivity index (χ0) is 14.0. The molecule has 0 bridgehead atoms. The average Bonchev–Trinajstić information content (AvgIpc) is 2.34. The summed E-state index contributed by atoms with van der Waals surface area (Å²) in [6.45, 7) is 4.72. The number of hydrazine groups is 1. The Balaban J connectivity index is 2.09. The van der Waals surface area contributed by atoms with Crippen LogP contribution in [0.25, 0.3) is 0 Å². The standard InChI is InChI=1S/C12H18N2O3S2/c1-10-3-5-12(6-4-10)19(16,17)13-14-7-8-18(15)11(2)9-14/h3-6,11,13H,7-9H2,1-2H3/t11-,18-/m0/s1. The molecular formula is C12H18N2O3S2. The Morgan fingerprint density at radius 2 is 1.95 bits per heavy atom. The van der Waals surface area contributed by atoms with E-state index < -0.39 is 20.8 Å². The molecule has 5 nitrogen and oxygen atoms in total. The highest BCUT2D eigenvalue weighted by Crippen LogP contribution is 2.12. The van der Waals surface area contributed by atoms with Crippen molar-refractivity contribution in [2.45, 2.75) is 24.0 Å². The van der Waals surface area contributed by atoms with Gasteiger partial charge in [-0.15, -0.1) is 4.83 Å². The Morgan fingerprint density at radius 3 is 2.53 bits per heavy atom. The van der Waals surface area contributed by atoms with E-state index in [2.05, 4.69) is 4.83 Å². The van der Waals surface area contributed by atoms with Crippen molar-refractivity contribution < 1.29 is 12.6 Å². The van der Waals surface area contributed by atoms with Crippen molar-refractivity contribution in [1.29, 1.82) is 0 Å². The molecule has 0 amide bonds. The third kappa shape index (κ3) is 3.62. The number of nitrogens with zero attached hydrogens (tertiary/aromatic N) is 1. The van der Waals surface area contributed by atoms with Gasteiger partial charge < -0.3 is 0 Å². The molecule has 1 aromatic rings. The van der Waals surface area contributed by atoms with E-state index >= 15 is 0 Å². The Labute approximate surface area is 116 Å². The second-order valence-electron chi connectivity index (χ2n) is 4.75. The van der Waals surface area contributed by atoms with Crippen molar-refractivity contribution in [3.05, 3.63) is 29.8 Å². The zero-order valence-electron chi connectivity index (χ0n) is 11.0. The molecule has 0 radical (unpaired) electrons. The first-order valence-corrected chi connectivity index (χ1v) is 8.96. The molecule has 1 aliphatic rings. The third-order valence-electron chi connectivity index (χ3n) is 3.07. The molecule has 0 unspecified atom stereocenters. The maximum atomic E-state index is 12.2. The van der Waals surface area contributed by atoms with Gasteiger partial charge in [0.15, 0.2) is 0 Å². The molecule has 1 aliphatic heterocycles. The minimum Gasteiger partial charge on any atom is -0.259 e. The first-order valence-electron chi connectivity index (χ1n) is 6.10. The van der Waals surface area contributed by atoms with Gasteiger partial charge >= 0.3 is 0 Å². The fraction of sp³-hybridized carbons (Fsp3) is 0.500. The molecule has 1 aromatic carbocycles. The molecule has 19 heavy (non-hydrogen) atoms. The van der Waals surface area contributed by atoms with Crippen LogP contribution in [0.2, 0.25) is 0 Å². The van der Waals surface area contributed by atoms with E-state index in [0.717, 1.165) is 5.56 Å². The van der Waals surface area contributed by atoms with Crippen molar-refractivity contribution in [2.24, 2.45) is 0 Å². The minimum absolute atomic E-state index is 0.0190. The minimum atomic E-state index is -3.54. The van der Waals surface area contributed by atoms with E-state index in [1.54, 1.807) is 29.3 Å². The maximum absolute atomic E-state index is 12.2. The quantitative estimate of drug-likeness (QED) is 0.890. The van der Waals surface area contributed by atoms with Crippen molar-refractivity contribution >= 4 is 20.8 Å². The molecule has 2 atom stereocenters. The molecule has 0 aromatic heterocycles. The van der Waals surface area contributed by atoms with Crippen molar-refractivity contribution in [1.82, 2.24) is 9.84 Å².